The number of rotatable bonds is 5. The molecule has 1 aromatic carbocycles. The summed E-state index contributed by atoms with van der Waals surface area (Å²) in [4.78, 5) is 32.1. The van der Waals surface area contributed by atoms with E-state index in [1.165, 1.54) is 13.3 Å². The number of carbonyl (C=O) groups is 1. The molecule has 3 aromatic rings. The number of H-pyrrole nitrogens is 1. The van der Waals surface area contributed by atoms with Gasteiger partial charge in [0.05, 0.1) is 0 Å². The lowest BCUT2D eigenvalue weighted by molar-refractivity contribution is 0.0871. The number of halogens is 1. The van der Waals surface area contributed by atoms with Gasteiger partial charge in [-0.15, -0.1) is 0 Å². The van der Waals surface area contributed by atoms with Gasteiger partial charge in [0.1, 0.15) is 16.9 Å². The second-order valence-electron chi connectivity index (χ2n) is 5.48. The molecule has 0 saturated carbocycles. The maximum absolute atomic E-state index is 12.6. The normalized spacial score (nSPS) is 10.8. The molecule has 2 N–H and O–H groups in total. The van der Waals surface area contributed by atoms with Crippen LogP contribution in [-0.2, 0) is 11.2 Å². The fourth-order valence-corrected chi connectivity index (χ4v) is 2.92. The van der Waals surface area contributed by atoms with Crippen molar-refractivity contribution < 1.29 is 9.53 Å². The van der Waals surface area contributed by atoms with E-state index in [9.17, 15) is 9.59 Å². The molecule has 128 valence electrons. The molecule has 0 unspecified atom stereocenters. The van der Waals surface area contributed by atoms with Gasteiger partial charge in [0.2, 0.25) is 5.43 Å². The summed E-state index contributed by atoms with van der Waals surface area (Å²) in [7, 11) is 1.47. The lowest BCUT2D eigenvalue weighted by Gasteiger charge is -2.07. The summed E-state index contributed by atoms with van der Waals surface area (Å²) in [5, 5.41) is 2.99. The van der Waals surface area contributed by atoms with Crippen LogP contribution in [0.4, 0.5) is 0 Å². The maximum atomic E-state index is 12.6. The molecule has 25 heavy (non-hydrogen) atoms. The number of nitrogens with one attached hydrogen (secondary N) is 2. The van der Waals surface area contributed by atoms with Crippen molar-refractivity contribution in [3.05, 3.63) is 74.2 Å². The summed E-state index contributed by atoms with van der Waals surface area (Å²) in [6, 6.07) is 11.3. The van der Waals surface area contributed by atoms with Crippen LogP contribution in [0.15, 0.2) is 52.0 Å². The van der Waals surface area contributed by atoms with E-state index in [0.717, 1.165) is 15.9 Å². The number of hydrogen-bond donors (Lipinski definition) is 2. The number of aromatic amines is 1. The summed E-state index contributed by atoms with van der Waals surface area (Å²) >= 11 is 3.35. The zero-order chi connectivity index (χ0) is 17.8. The van der Waals surface area contributed by atoms with Crippen molar-refractivity contribution in [2.75, 3.05) is 13.8 Å². The number of hydrogen-bond acceptors (Lipinski definition) is 4. The Morgan fingerprint density at radius 3 is 2.92 bits per heavy atom. The highest BCUT2D eigenvalue weighted by Crippen LogP contribution is 2.15. The second kappa shape index (κ2) is 7.58. The predicted molar refractivity (Wildman–Crippen MR) is 98.7 cm³/mol. The van der Waals surface area contributed by atoms with Crippen LogP contribution in [0.2, 0.25) is 0 Å². The van der Waals surface area contributed by atoms with Crippen LogP contribution in [0.3, 0.4) is 0 Å². The Labute approximate surface area is 152 Å². The molecule has 0 fully saturated rings. The predicted octanol–water partition coefficient (Wildman–Crippen LogP) is 2.61. The number of pyridine rings is 2. The number of carbonyl (C=O) groups excluding carboxylic acids is 1. The average molecular weight is 402 g/mol. The Kier molecular flexibility index (Phi) is 5.25. The average Bonchev–Trinajstić information content (AvgIpc) is 2.60. The standard InChI is InChI=1S/C18H16BrN3O3/c1-25-10-21-18(24)14-9-20-15-6-5-11(8-13(15)17(14)23)7-12-3-2-4-16(19)22-12/h2-6,8-9H,7,10H2,1H3,(H,20,23)(H,21,24). The van der Waals surface area contributed by atoms with Gasteiger partial charge in [0.15, 0.2) is 0 Å². The van der Waals surface area contributed by atoms with Crippen LogP contribution in [0.1, 0.15) is 21.6 Å². The number of methoxy groups -OCH3 is 1. The van der Waals surface area contributed by atoms with Crippen LogP contribution in [-0.4, -0.2) is 29.7 Å². The van der Waals surface area contributed by atoms with Crippen molar-refractivity contribution in [1.29, 1.82) is 0 Å². The molecule has 0 spiro atoms. The molecule has 2 heterocycles. The molecule has 0 aliphatic heterocycles. The third-order valence-corrected chi connectivity index (χ3v) is 4.17. The smallest absolute Gasteiger partial charge is 0.258 e. The zero-order valence-electron chi connectivity index (χ0n) is 13.5. The van der Waals surface area contributed by atoms with Crippen molar-refractivity contribution in [2.45, 2.75) is 6.42 Å². The highest BCUT2D eigenvalue weighted by Gasteiger charge is 2.13. The molecular formula is C18H16BrN3O3. The Hall–Kier alpha value is -2.51. The van der Waals surface area contributed by atoms with Crippen LogP contribution < -0.4 is 10.7 Å². The van der Waals surface area contributed by atoms with E-state index in [0.29, 0.717) is 17.3 Å². The third-order valence-electron chi connectivity index (χ3n) is 3.72. The Bertz CT molecular complexity index is 985. The van der Waals surface area contributed by atoms with Crippen molar-refractivity contribution in [3.63, 3.8) is 0 Å². The summed E-state index contributed by atoms with van der Waals surface area (Å²) < 4.78 is 5.57. The minimum atomic E-state index is -0.468. The van der Waals surface area contributed by atoms with E-state index in [2.05, 4.69) is 31.2 Å². The topological polar surface area (TPSA) is 84.1 Å². The molecule has 0 atom stereocenters. The molecule has 0 radical (unpaired) electrons. The van der Waals surface area contributed by atoms with Crippen molar-refractivity contribution in [2.24, 2.45) is 0 Å². The summed E-state index contributed by atoms with van der Waals surface area (Å²) in [6.45, 7) is 0.0465. The van der Waals surface area contributed by atoms with Gasteiger partial charge in [-0.05, 0) is 45.8 Å². The first-order valence-electron chi connectivity index (χ1n) is 7.61. The minimum absolute atomic E-state index is 0.0465. The van der Waals surface area contributed by atoms with E-state index in [4.69, 9.17) is 4.74 Å². The first-order valence-corrected chi connectivity index (χ1v) is 8.40. The van der Waals surface area contributed by atoms with Gasteiger partial charge in [0.25, 0.3) is 5.91 Å². The molecule has 7 heteroatoms. The van der Waals surface area contributed by atoms with E-state index < -0.39 is 5.91 Å². The van der Waals surface area contributed by atoms with Gasteiger partial charge in [-0.25, -0.2) is 4.98 Å². The van der Waals surface area contributed by atoms with Gasteiger partial charge in [-0.3, -0.25) is 9.59 Å². The first kappa shape index (κ1) is 17.3. The maximum Gasteiger partial charge on any atom is 0.258 e. The van der Waals surface area contributed by atoms with E-state index in [-0.39, 0.29) is 17.7 Å². The zero-order valence-corrected chi connectivity index (χ0v) is 15.1. The number of benzene rings is 1. The van der Waals surface area contributed by atoms with Gasteiger partial charge in [0, 0.05) is 36.3 Å². The lowest BCUT2D eigenvalue weighted by atomic mass is 10.0. The fraction of sp³-hybridized carbons (Fsp3) is 0.167. The van der Waals surface area contributed by atoms with Crippen LogP contribution in [0.25, 0.3) is 10.9 Å². The molecule has 0 saturated heterocycles. The summed E-state index contributed by atoms with van der Waals surface area (Å²) in [6.07, 6.45) is 2.01. The second-order valence-corrected chi connectivity index (χ2v) is 6.29. The monoisotopic (exact) mass is 401 g/mol. The van der Waals surface area contributed by atoms with Crippen LogP contribution in [0.5, 0.6) is 0 Å². The van der Waals surface area contributed by atoms with Crippen molar-refractivity contribution >= 4 is 32.7 Å². The number of amides is 1. The molecule has 0 bridgehead atoms. The highest BCUT2D eigenvalue weighted by molar-refractivity contribution is 9.10. The van der Waals surface area contributed by atoms with Gasteiger partial charge in [-0.1, -0.05) is 12.1 Å². The van der Waals surface area contributed by atoms with Crippen molar-refractivity contribution in [3.8, 4) is 0 Å². The Morgan fingerprint density at radius 2 is 2.16 bits per heavy atom. The van der Waals surface area contributed by atoms with Crippen LogP contribution >= 0.6 is 15.9 Å². The van der Waals surface area contributed by atoms with E-state index >= 15 is 0 Å². The summed E-state index contributed by atoms with van der Waals surface area (Å²) in [5.41, 5.74) is 2.25. The molecule has 1 amide bonds. The molecule has 0 aliphatic carbocycles. The number of fused-ring (bicyclic) bond motifs is 1. The molecule has 0 aliphatic rings. The van der Waals surface area contributed by atoms with Gasteiger partial charge >= 0.3 is 0 Å². The van der Waals surface area contributed by atoms with Crippen molar-refractivity contribution in [1.82, 2.24) is 15.3 Å². The van der Waals surface area contributed by atoms with Gasteiger partial charge in [-0.2, -0.15) is 0 Å². The fourth-order valence-electron chi connectivity index (χ4n) is 2.54. The number of aromatic nitrogens is 2. The van der Waals surface area contributed by atoms with E-state index in [1.807, 2.05) is 30.3 Å². The van der Waals surface area contributed by atoms with Crippen LogP contribution in [0, 0.1) is 0 Å². The number of nitrogens with zero attached hydrogens (tertiary/aromatic N) is 1. The summed E-state index contributed by atoms with van der Waals surface area (Å²) in [5.74, 6) is -0.468. The SMILES string of the molecule is COCNC(=O)c1c[nH]c2ccc(Cc3cccc(Br)n3)cc2c1=O. The Balaban J connectivity index is 1.97. The molecule has 6 nitrogen and oxygen atoms in total. The highest BCUT2D eigenvalue weighted by atomic mass is 79.9. The lowest BCUT2D eigenvalue weighted by Crippen LogP contribution is -2.30. The molecular weight excluding hydrogens is 386 g/mol. The molecule has 2 aromatic heterocycles. The largest absolute Gasteiger partial charge is 0.364 e. The molecule has 3 rings (SSSR count). The third kappa shape index (κ3) is 3.94. The number of ether oxygens (including phenoxy) is 1. The Morgan fingerprint density at radius 1 is 1.32 bits per heavy atom. The minimum Gasteiger partial charge on any atom is -0.364 e. The first-order chi connectivity index (χ1) is 12.1. The van der Waals surface area contributed by atoms with Gasteiger partial charge < -0.3 is 15.0 Å². The van der Waals surface area contributed by atoms with E-state index in [1.54, 1.807) is 6.07 Å². The quantitative estimate of drug-likeness (QED) is 0.508.